The molecule has 3 aromatic carbocycles. The molecule has 1 aromatic heterocycles. The first kappa shape index (κ1) is 30.0. The van der Waals surface area contributed by atoms with Crippen LogP contribution in [0.4, 0.5) is 4.79 Å². The van der Waals surface area contributed by atoms with Gasteiger partial charge in [0.1, 0.15) is 30.5 Å². The van der Waals surface area contributed by atoms with E-state index in [9.17, 15) is 14.4 Å². The Kier molecular flexibility index (Phi) is 9.96. The molecule has 4 rings (SSSR count). The summed E-state index contributed by atoms with van der Waals surface area (Å²) in [7, 11) is 1.74. The van der Waals surface area contributed by atoms with Crippen molar-refractivity contribution < 1.29 is 33.3 Å². The second kappa shape index (κ2) is 13.6. The second-order valence-electron chi connectivity index (χ2n) is 9.47. The summed E-state index contributed by atoms with van der Waals surface area (Å²) in [6.07, 6.45) is 3.34. The summed E-state index contributed by atoms with van der Waals surface area (Å²) in [6, 6.07) is 18.7. The third kappa shape index (κ3) is 7.62. The molecule has 0 saturated heterocycles. The van der Waals surface area contributed by atoms with Gasteiger partial charge in [-0.3, -0.25) is 14.2 Å². The van der Waals surface area contributed by atoms with E-state index in [0.29, 0.717) is 45.5 Å². The standard InChI is InChI=1S/C31H31ClNO7S/c1-20-26(18-29(34)39-19-21-5-11-24(12-6-21)40-31(36)38-15-16-41(3)4)27-17-25(37-2)13-14-28(27)33(20)30(35)22-7-9-23(32)10-8-22/h5-14,17H,15-16,18-19H2,1-4H3/q+1. The molecule has 0 aliphatic carbocycles. The average Bonchev–Trinajstić information content (AvgIpc) is 3.22. The van der Waals surface area contributed by atoms with Gasteiger partial charge in [-0.2, -0.15) is 0 Å². The topological polar surface area (TPSA) is 93.1 Å². The molecule has 0 saturated carbocycles. The zero-order valence-corrected chi connectivity index (χ0v) is 24.8. The number of hydrogen-bond acceptors (Lipinski definition) is 7. The number of hydrogen-bond donors (Lipinski definition) is 0. The number of carbonyl (C=O) groups is 3. The summed E-state index contributed by atoms with van der Waals surface area (Å²) < 4.78 is 22.8. The minimum Gasteiger partial charge on any atom is -0.497 e. The number of esters is 1. The van der Waals surface area contributed by atoms with E-state index in [1.807, 2.05) is 6.07 Å². The molecular weight excluding hydrogens is 566 g/mol. The van der Waals surface area contributed by atoms with Crippen molar-refractivity contribution in [3.63, 3.8) is 0 Å². The highest BCUT2D eigenvalue weighted by molar-refractivity contribution is 7.95. The fourth-order valence-electron chi connectivity index (χ4n) is 4.23. The van der Waals surface area contributed by atoms with Crippen molar-refractivity contribution in [3.8, 4) is 11.5 Å². The van der Waals surface area contributed by atoms with E-state index in [1.54, 1.807) is 79.3 Å². The number of benzene rings is 3. The van der Waals surface area contributed by atoms with Crippen LogP contribution in [-0.2, 0) is 38.2 Å². The molecule has 0 atom stereocenters. The maximum absolute atomic E-state index is 13.5. The molecule has 214 valence electrons. The van der Waals surface area contributed by atoms with Gasteiger partial charge in [0.25, 0.3) is 5.91 Å². The third-order valence-corrected chi connectivity index (χ3v) is 7.63. The molecule has 0 bridgehead atoms. The van der Waals surface area contributed by atoms with E-state index in [2.05, 4.69) is 12.5 Å². The number of rotatable bonds is 10. The summed E-state index contributed by atoms with van der Waals surface area (Å²) in [6.45, 7) is 2.14. The normalized spacial score (nSPS) is 11.0. The molecule has 0 radical (unpaired) electrons. The summed E-state index contributed by atoms with van der Waals surface area (Å²) in [5.74, 6) is 1.03. The summed E-state index contributed by atoms with van der Waals surface area (Å²) >= 11 is 6.00. The van der Waals surface area contributed by atoms with E-state index in [4.69, 9.17) is 30.5 Å². The van der Waals surface area contributed by atoms with Gasteiger partial charge in [0.2, 0.25) is 0 Å². The van der Waals surface area contributed by atoms with Crippen molar-refractivity contribution in [1.29, 1.82) is 0 Å². The van der Waals surface area contributed by atoms with Crippen LogP contribution in [-0.4, -0.2) is 54.6 Å². The van der Waals surface area contributed by atoms with Crippen LogP contribution in [0.2, 0.25) is 5.02 Å². The molecule has 41 heavy (non-hydrogen) atoms. The average molecular weight is 597 g/mol. The molecule has 0 aliphatic rings. The van der Waals surface area contributed by atoms with Crippen molar-refractivity contribution in [2.75, 3.05) is 32.0 Å². The van der Waals surface area contributed by atoms with E-state index >= 15 is 0 Å². The van der Waals surface area contributed by atoms with Crippen LogP contribution < -0.4 is 9.47 Å². The number of carbonyl (C=O) groups excluding carboxylic acids is 3. The summed E-state index contributed by atoms with van der Waals surface area (Å²) in [5.41, 5.74) is 3.15. The second-order valence-corrected chi connectivity index (χ2v) is 12.3. The van der Waals surface area contributed by atoms with Gasteiger partial charge in [0.15, 0.2) is 0 Å². The molecule has 0 amide bonds. The first-order chi connectivity index (χ1) is 19.7. The molecule has 0 aliphatic heterocycles. The van der Waals surface area contributed by atoms with Crippen molar-refractivity contribution >= 4 is 51.4 Å². The number of aromatic nitrogens is 1. The highest BCUT2D eigenvalue weighted by Crippen LogP contribution is 2.31. The Morgan fingerprint density at radius 2 is 1.59 bits per heavy atom. The molecule has 0 spiro atoms. The molecule has 0 fully saturated rings. The van der Waals surface area contributed by atoms with E-state index in [0.717, 1.165) is 16.7 Å². The number of halogens is 1. The SMILES string of the molecule is COc1ccc2c(c1)c(CC(=O)OCc1ccc(OC(=O)OCC[S+](C)C)cc1)c(C)n2C(=O)c1ccc(Cl)cc1. The van der Waals surface area contributed by atoms with Gasteiger partial charge in [-0.25, -0.2) is 4.79 Å². The van der Waals surface area contributed by atoms with Crippen LogP contribution in [0.25, 0.3) is 10.9 Å². The smallest absolute Gasteiger partial charge is 0.497 e. The van der Waals surface area contributed by atoms with Crippen LogP contribution in [0.15, 0.2) is 66.7 Å². The van der Waals surface area contributed by atoms with Gasteiger partial charge in [-0.05, 0) is 83.5 Å². The summed E-state index contributed by atoms with van der Waals surface area (Å²) in [4.78, 5) is 38.2. The lowest BCUT2D eigenvalue weighted by Gasteiger charge is -2.09. The van der Waals surface area contributed by atoms with Gasteiger partial charge < -0.3 is 18.9 Å². The van der Waals surface area contributed by atoms with Gasteiger partial charge in [0, 0.05) is 21.7 Å². The Hall–Kier alpha value is -3.95. The minimum atomic E-state index is -0.754. The first-order valence-corrected chi connectivity index (χ1v) is 15.4. The molecule has 8 nitrogen and oxygen atoms in total. The largest absolute Gasteiger partial charge is 0.514 e. The number of methoxy groups -OCH3 is 1. The van der Waals surface area contributed by atoms with Crippen molar-refractivity contribution in [2.45, 2.75) is 20.0 Å². The predicted molar refractivity (Wildman–Crippen MR) is 160 cm³/mol. The highest BCUT2D eigenvalue weighted by atomic mass is 35.5. The summed E-state index contributed by atoms with van der Waals surface area (Å²) in [5, 5.41) is 1.26. The zero-order chi connectivity index (χ0) is 29.5. The molecule has 10 heteroatoms. The van der Waals surface area contributed by atoms with Gasteiger partial charge in [-0.15, -0.1) is 0 Å². The monoisotopic (exact) mass is 596 g/mol. The van der Waals surface area contributed by atoms with Crippen LogP contribution in [0.5, 0.6) is 11.5 Å². The quantitative estimate of drug-likeness (QED) is 0.126. The van der Waals surface area contributed by atoms with E-state index < -0.39 is 12.1 Å². The molecule has 1 heterocycles. The first-order valence-electron chi connectivity index (χ1n) is 12.8. The van der Waals surface area contributed by atoms with E-state index in [-0.39, 0.29) is 29.8 Å². The fraction of sp³-hybridized carbons (Fsp3) is 0.258. The lowest BCUT2D eigenvalue weighted by Crippen LogP contribution is -2.16. The van der Waals surface area contributed by atoms with E-state index in [1.165, 1.54) is 0 Å². The molecule has 4 aromatic rings. The van der Waals surface area contributed by atoms with Gasteiger partial charge in [0.05, 0.1) is 31.6 Å². The maximum Gasteiger partial charge on any atom is 0.514 e. The Balaban J connectivity index is 1.45. The fourth-order valence-corrected chi connectivity index (χ4v) is 4.77. The lowest BCUT2D eigenvalue weighted by atomic mass is 10.1. The Labute approximate surface area is 246 Å². The van der Waals surface area contributed by atoms with Crippen LogP contribution in [0.3, 0.4) is 0 Å². The zero-order valence-electron chi connectivity index (χ0n) is 23.3. The Morgan fingerprint density at radius 3 is 2.24 bits per heavy atom. The maximum atomic E-state index is 13.5. The number of fused-ring (bicyclic) bond motifs is 1. The molecule has 0 unspecified atom stereocenters. The van der Waals surface area contributed by atoms with Gasteiger partial charge in [-0.1, -0.05) is 23.7 Å². The Bertz CT molecular complexity index is 1550. The predicted octanol–water partition coefficient (Wildman–Crippen LogP) is 5.98. The highest BCUT2D eigenvalue weighted by Gasteiger charge is 2.22. The van der Waals surface area contributed by atoms with Crippen LogP contribution in [0, 0.1) is 6.92 Å². The van der Waals surface area contributed by atoms with Crippen molar-refractivity contribution in [3.05, 3.63) is 94.1 Å². The third-order valence-electron chi connectivity index (χ3n) is 6.39. The van der Waals surface area contributed by atoms with Crippen LogP contribution in [0.1, 0.15) is 27.2 Å². The van der Waals surface area contributed by atoms with Crippen molar-refractivity contribution in [1.82, 2.24) is 4.57 Å². The Morgan fingerprint density at radius 1 is 0.902 bits per heavy atom. The van der Waals surface area contributed by atoms with Crippen LogP contribution >= 0.6 is 11.6 Å². The van der Waals surface area contributed by atoms with Crippen molar-refractivity contribution in [2.24, 2.45) is 0 Å². The molecular formula is C31H31ClNO7S+. The minimum absolute atomic E-state index is 0.0313. The molecule has 0 N–H and O–H groups in total. The number of nitrogens with zero attached hydrogens (tertiary/aromatic N) is 1. The lowest BCUT2D eigenvalue weighted by molar-refractivity contribution is -0.144. The van der Waals surface area contributed by atoms with Gasteiger partial charge >= 0.3 is 12.1 Å². The number of ether oxygens (including phenoxy) is 4.